The Morgan fingerprint density at radius 2 is 1.88 bits per heavy atom. The van der Waals surface area contributed by atoms with E-state index in [0.717, 1.165) is 32.7 Å². The quantitative estimate of drug-likeness (QED) is 0.730. The zero-order chi connectivity index (χ0) is 11.8. The van der Waals surface area contributed by atoms with Gasteiger partial charge in [0, 0.05) is 13.2 Å². The van der Waals surface area contributed by atoms with Crippen LogP contribution in [0, 0.1) is 5.92 Å². The van der Waals surface area contributed by atoms with Crippen LogP contribution in [0.2, 0.25) is 0 Å². The Bertz CT molecular complexity index is 167. The van der Waals surface area contributed by atoms with E-state index >= 15 is 0 Å². The number of ether oxygens (including phenoxy) is 3. The second-order valence-electron chi connectivity index (χ2n) is 4.31. The molecule has 0 N–H and O–H groups in total. The van der Waals surface area contributed by atoms with E-state index in [9.17, 15) is 0 Å². The fraction of sp³-hybridized carbons (Fsp3) is 1.00. The van der Waals surface area contributed by atoms with Gasteiger partial charge in [-0.3, -0.25) is 0 Å². The monoisotopic (exact) mass is 230 g/mol. The van der Waals surface area contributed by atoms with Crippen molar-refractivity contribution in [1.29, 1.82) is 0 Å². The summed E-state index contributed by atoms with van der Waals surface area (Å²) in [5.41, 5.74) is 0. The molecule has 0 aromatic rings. The lowest BCUT2D eigenvalue weighted by molar-refractivity contribution is -0.217. The summed E-state index contributed by atoms with van der Waals surface area (Å²) < 4.78 is 16.9. The van der Waals surface area contributed by atoms with Crippen LogP contribution in [0.25, 0.3) is 0 Å². The van der Waals surface area contributed by atoms with Gasteiger partial charge >= 0.3 is 0 Å². The van der Waals surface area contributed by atoms with Crippen LogP contribution in [-0.2, 0) is 14.2 Å². The molecular weight excluding hydrogens is 204 g/mol. The van der Waals surface area contributed by atoms with Gasteiger partial charge < -0.3 is 14.2 Å². The van der Waals surface area contributed by atoms with Gasteiger partial charge in [-0.15, -0.1) is 0 Å². The summed E-state index contributed by atoms with van der Waals surface area (Å²) in [7, 11) is 0. The van der Waals surface area contributed by atoms with Gasteiger partial charge in [0.15, 0.2) is 6.29 Å². The van der Waals surface area contributed by atoms with E-state index in [4.69, 9.17) is 14.2 Å². The minimum atomic E-state index is 0.0258. The van der Waals surface area contributed by atoms with Gasteiger partial charge in [-0.2, -0.15) is 0 Å². The number of hydrogen-bond donors (Lipinski definition) is 0. The van der Waals surface area contributed by atoms with Crippen LogP contribution in [0.5, 0.6) is 0 Å². The highest BCUT2D eigenvalue weighted by molar-refractivity contribution is 4.71. The van der Waals surface area contributed by atoms with Crippen LogP contribution < -0.4 is 0 Å². The van der Waals surface area contributed by atoms with Gasteiger partial charge in [0.2, 0.25) is 0 Å². The number of rotatable bonds is 2. The van der Waals surface area contributed by atoms with Crippen LogP contribution in [0.15, 0.2) is 0 Å². The summed E-state index contributed by atoms with van der Waals surface area (Å²) in [5.74, 6) is 0.606. The molecule has 2 aliphatic rings. The molecule has 2 saturated heterocycles. The average Bonchev–Trinajstić information content (AvgIpc) is 2.36. The normalized spacial score (nSPS) is 35.1. The summed E-state index contributed by atoms with van der Waals surface area (Å²) in [6.45, 7) is 8.70. The maximum absolute atomic E-state index is 5.90. The Morgan fingerprint density at radius 1 is 1.06 bits per heavy atom. The van der Waals surface area contributed by atoms with Crippen molar-refractivity contribution in [1.82, 2.24) is 0 Å². The van der Waals surface area contributed by atoms with Gasteiger partial charge in [0.25, 0.3) is 0 Å². The molecule has 2 fully saturated rings. The standard InChI is InChI=1S/C11H20O3.C2H6/c1-9-5-7-12-8-10(9)14-11-4-2-3-6-13-11;1-2/h9-11H,2-8H2,1H3;1-2H3. The summed E-state index contributed by atoms with van der Waals surface area (Å²) in [6, 6.07) is 0. The summed E-state index contributed by atoms with van der Waals surface area (Å²) >= 11 is 0. The van der Waals surface area contributed by atoms with Crippen LogP contribution in [0.1, 0.15) is 46.5 Å². The third-order valence-electron chi connectivity index (χ3n) is 3.10. The molecule has 0 aliphatic carbocycles. The smallest absolute Gasteiger partial charge is 0.158 e. The molecular formula is C13H26O3. The van der Waals surface area contributed by atoms with Gasteiger partial charge in [-0.25, -0.2) is 0 Å². The molecule has 0 spiro atoms. The molecule has 2 rings (SSSR count). The summed E-state index contributed by atoms with van der Waals surface area (Å²) in [6.07, 6.45) is 4.83. The minimum Gasteiger partial charge on any atom is -0.379 e. The van der Waals surface area contributed by atoms with E-state index < -0.39 is 0 Å². The first kappa shape index (κ1) is 13.9. The average molecular weight is 230 g/mol. The van der Waals surface area contributed by atoms with Crippen molar-refractivity contribution in [2.75, 3.05) is 19.8 Å². The third-order valence-corrected chi connectivity index (χ3v) is 3.10. The molecule has 0 aromatic carbocycles. The molecule has 0 bridgehead atoms. The Balaban J connectivity index is 0.000000606. The molecule has 0 radical (unpaired) electrons. The maximum Gasteiger partial charge on any atom is 0.158 e. The van der Waals surface area contributed by atoms with E-state index in [1.165, 1.54) is 12.8 Å². The van der Waals surface area contributed by atoms with E-state index in [1.54, 1.807) is 0 Å². The Hall–Kier alpha value is -0.120. The zero-order valence-electron chi connectivity index (χ0n) is 10.9. The lowest BCUT2D eigenvalue weighted by Gasteiger charge is -2.33. The van der Waals surface area contributed by atoms with E-state index in [-0.39, 0.29) is 12.4 Å². The van der Waals surface area contributed by atoms with Crippen molar-refractivity contribution in [2.24, 2.45) is 5.92 Å². The van der Waals surface area contributed by atoms with Crippen molar-refractivity contribution < 1.29 is 14.2 Å². The zero-order valence-corrected chi connectivity index (χ0v) is 10.9. The predicted molar refractivity (Wildman–Crippen MR) is 64.4 cm³/mol. The second kappa shape index (κ2) is 8.04. The topological polar surface area (TPSA) is 27.7 Å². The molecule has 3 unspecified atom stereocenters. The predicted octanol–water partition coefficient (Wildman–Crippen LogP) is 2.98. The fourth-order valence-electron chi connectivity index (χ4n) is 2.01. The fourth-order valence-corrected chi connectivity index (χ4v) is 2.01. The molecule has 3 atom stereocenters. The van der Waals surface area contributed by atoms with Crippen molar-refractivity contribution >= 4 is 0 Å². The number of hydrogen-bond acceptors (Lipinski definition) is 3. The van der Waals surface area contributed by atoms with E-state index in [2.05, 4.69) is 6.92 Å². The lowest BCUT2D eigenvalue weighted by atomic mass is 10.00. The molecule has 2 heterocycles. The molecule has 3 nitrogen and oxygen atoms in total. The second-order valence-corrected chi connectivity index (χ2v) is 4.31. The van der Waals surface area contributed by atoms with Gasteiger partial charge in [0.1, 0.15) is 0 Å². The summed E-state index contributed by atoms with van der Waals surface area (Å²) in [5, 5.41) is 0. The lowest BCUT2D eigenvalue weighted by Crippen LogP contribution is -2.38. The molecule has 0 amide bonds. The first-order valence-corrected chi connectivity index (χ1v) is 6.71. The molecule has 96 valence electrons. The summed E-state index contributed by atoms with van der Waals surface area (Å²) in [4.78, 5) is 0. The molecule has 0 saturated carbocycles. The van der Waals surface area contributed by atoms with E-state index in [0.29, 0.717) is 5.92 Å². The third kappa shape index (κ3) is 4.40. The van der Waals surface area contributed by atoms with Crippen LogP contribution >= 0.6 is 0 Å². The Labute approximate surface area is 99.5 Å². The molecule has 16 heavy (non-hydrogen) atoms. The maximum atomic E-state index is 5.90. The first-order valence-electron chi connectivity index (χ1n) is 6.71. The Kier molecular flexibility index (Phi) is 7.01. The van der Waals surface area contributed by atoms with Gasteiger partial charge in [-0.05, 0) is 31.6 Å². The van der Waals surface area contributed by atoms with Crippen LogP contribution in [0.3, 0.4) is 0 Å². The highest BCUT2D eigenvalue weighted by Crippen LogP contribution is 2.22. The van der Waals surface area contributed by atoms with E-state index in [1.807, 2.05) is 13.8 Å². The highest BCUT2D eigenvalue weighted by Gasteiger charge is 2.26. The van der Waals surface area contributed by atoms with Crippen LogP contribution in [-0.4, -0.2) is 32.2 Å². The largest absolute Gasteiger partial charge is 0.379 e. The van der Waals surface area contributed by atoms with Crippen molar-refractivity contribution in [3.05, 3.63) is 0 Å². The Morgan fingerprint density at radius 3 is 2.50 bits per heavy atom. The minimum absolute atomic E-state index is 0.0258. The highest BCUT2D eigenvalue weighted by atomic mass is 16.7. The first-order chi connectivity index (χ1) is 7.86. The molecule has 0 aromatic heterocycles. The van der Waals surface area contributed by atoms with Crippen LogP contribution in [0.4, 0.5) is 0 Å². The molecule has 3 heteroatoms. The van der Waals surface area contributed by atoms with Crippen molar-refractivity contribution in [3.8, 4) is 0 Å². The van der Waals surface area contributed by atoms with Crippen molar-refractivity contribution in [3.63, 3.8) is 0 Å². The SMILES string of the molecule is CC.CC1CCOCC1OC1CCCCO1. The van der Waals surface area contributed by atoms with Gasteiger partial charge in [-0.1, -0.05) is 20.8 Å². The molecule has 2 aliphatic heterocycles. The van der Waals surface area contributed by atoms with Gasteiger partial charge in [0.05, 0.1) is 12.7 Å². The van der Waals surface area contributed by atoms with Crippen molar-refractivity contribution in [2.45, 2.75) is 58.8 Å².